The molecule has 0 unspecified atom stereocenters. The lowest BCUT2D eigenvalue weighted by molar-refractivity contribution is 0.112. The average molecular weight is 231 g/mol. The van der Waals surface area contributed by atoms with Crippen LogP contribution in [0, 0.1) is 5.92 Å². The van der Waals surface area contributed by atoms with Crippen LogP contribution in [0.5, 0.6) is 5.75 Å². The van der Waals surface area contributed by atoms with E-state index in [1.165, 1.54) is 43.4 Å². The molecule has 1 aromatic carbocycles. The van der Waals surface area contributed by atoms with Crippen LogP contribution in [0.4, 0.5) is 0 Å². The van der Waals surface area contributed by atoms with E-state index in [0.29, 0.717) is 0 Å². The zero-order valence-electron chi connectivity index (χ0n) is 10.8. The van der Waals surface area contributed by atoms with Gasteiger partial charge in [-0.3, -0.25) is 0 Å². The Morgan fingerprint density at radius 1 is 1.24 bits per heavy atom. The van der Waals surface area contributed by atoms with E-state index in [1.54, 1.807) is 7.11 Å². The molecule has 1 aliphatic carbocycles. The van der Waals surface area contributed by atoms with Crippen LogP contribution < -0.4 is 4.74 Å². The van der Waals surface area contributed by atoms with E-state index < -0.39 is 0 Å². The van der Waals surface area contributed by atoms with Gasteiger partial charge in [-0.15, -0.1) is 0 Å². The maximum atomic E-state index is 5.33. The van der Waals surface area contributed by atoms with Gasteiger partial charge >= 0.3 is 0 Å². The van der Waals surface area contributed by atoms with Crippen LogP contribution in [0.25, 0.3) is 0 Å². The van der Waals surface area contributed by atoms with Crippen LogP contribution in [0.15, 0.2) is 18.2 Å². The standard InChI is InChI=1S/C15H21NO/c1-16-7-3-4-12-8-13-9-14(17-2)6-5-11(13)10-15(12)16/h5-6,9,12,15H,3-4,7-8,10H2,1-2H3/t12-,15+/m0/s1. The normalized spacial score (nSPS) is 28.4. The largest absolute Gasteiger partial charge is 0.497 e. The second kappa shape index (κ2) is 4.34. The van der Waals surface area contributed by atoms with E-state index in [4.69, 9.17) is 4.74 Å². The molecule has 0 radical (unpaired) electrons. The molecule has 3 rings (SSSR count). The van der Waals surface area contributed by atoms with Crippen LogP contribution in [-0.4, -0.2) is 31.6 Å². The summed E-state index contributed by atoms with van der Waals surface area (Å²) in [5.74, 6) is 1.86. The van der Waals surface area contributed by atoms with Gasteiger partial charge in [-0.25, -0.2) is 0 Å². The zero-order chi connectivity index (χ0) is 11.8. The molecule has 0 N–H and O–H groups in total. The van der Waals surface area contributed by atoms with Crippen molar-refractivity contribution in [3.8, 4) is 5.75 Å². The number of rotatable bonds is 1. The summed E-state index contributed by atoms with van der Waals surface area (Å²) in [6.45, 7) is 1.27. The summed E-state index contributed by atoms with van der Waals surface area (Å²) in [5.41, 5.74) is 3.04. The molecule has 2 heteroatoms. The van der Waals surface area contributed by atoms with Crippen molar-refractivity contribution in [2.45, 2.75) is 31.7 Å². The number of hydrogen-bond donors (Lipinski definition) is 0. The van der Waals surface area contributed by atoms with Gasteiger partial charge in [0.2, 0.25) is 0 Å². The lowest BCUT2D eigenvalue weighted by Gasteiger charge is -2.43. The minimum absolute atomic E-state index is 0.768. The lowest BCUT2D eigenvalue weighted by atomic mass is 9.75. The second-order valence-electron chi connectivity index (χ2n) is 5.49. The summed E-state index contributed by atoms with van der Waals surface area (Å²) in [7, 11) is 4.03. The summed E-state index contributed by atoms with van der Waals surface area (Å²) in [5, 5.41) is 0. The van der Waals surface area contributed by atoms with Gasteiger partial charge in [0.15, 0.2) is 0 Å². The first-order valence-electron chi connectivity index (χ1n) is 6.64. The monoisotopic (exact) mass is 231 g/mol. The third-order valence-electron chi connectivity index (χ3n) is 4.52. The van der Waals surface area contributed by atoms with E-state index in [2.05, 4.69) is 30.1 Å². The van der Waals surface area contributed by atoms with Crippen molar-refractivity contribution in [2.75, 3.05) is 20.7 Å². The fourth-order valence-corrected chi connectivity index (χ4v) is 3.51. The molecule has 1 heterocycles. The van der Waals surface area contributed by atoms with Crippen LogP contribution in [-0.2, 0) is 12.8 Å². The highest BCUT2D eigenvalue weighted by Crippen LogP contribution is 2.35. The molecular weight excluding hydrogens is 210 g/mol. The van der Waals surface area contributed by atoms with Crippen molar-refractivity contribution in [3.63, 3.8) is 0 Å². The first-order chi connectivity index (χ1) is 8.28. The molecule has 0 amide bonds. The predicted molar refractivity (Wildman–Crippen MR) is 69.5 cm³/mol. The molecule has 0 saturated carbocycles. The van der Waals surface area contributed by atoms with Crippen LogP contribution in [0.2, 0.25) is 0 Å². The Hall–Kier alpha value is -1.02. The number of benzene rings is 1. The van der Waals surface area contributed by atoms with E-state index >= 15 is 0 Å². The van der Waals surface area contributed by atoms with E-state index in [1.807, 2.05) is 0 Å². The molecule has 1 saturated heterocycles. The summed E-state index contributed by atoms with van der Waals surface area (Å²) < 4.78 is 5.33. The predicted octanol–water partition coefficient (Wildman–Crippen LogP) is 2.50. The minimum atomic E-state index is 0.768. The molecule has 2 nitrogen and oxygen atoms in total. The Morgan fingerprint density at radius 3 is 2.94 bits per heavy atom. The highest BCUT2D eigenvalue weighted by molar-refractivity contribution is 5.38. The Kier molecular flexibility index (Phi) is 2.83. The summed E-state index contributed by atoms with van der Waals surface area (Å²) in [6.07, 6.45) is 5.21. The summed E-state index contributed by atoms with van der Waals surface area (Å²) in [4.78, 5) is 2.56. The third kappa shape index (κ3) is 1.95. The molecule has 1 aliphatic heterocycles. The highest BCUT2D eigenvalue weighted by atomic mass is 16.5. The summed E-state index contributed by atoms with van der Waals surface area (Å²) in [6, 6.07) is 7.36. The van der Waals surface area contributed by atoms with Crippen molar-refractivity contribution in [3.05, 3.63) is 29.3 Å². The number of fused-ring (bicyclic) bond motifs is 2. The van der Waals surface area contributed by atoms with Crippen LogP contribution in [0.1, 0.15) is 24.0 Å². The SMILES string of the molecule is COc1ccc2c(c1)C[C@@H]1CCCN(C)[C@@H]1C2. The first-order valence-corrected chi connectivity index (χ1v) is 6.64. The third-order valence-corrected chi connectivity index (χ3v) is 4.52. The van der Waals surface area contributed by atoms with Gasteiger partial charge in [0.25, 0.3) is 0 Å². The fraction of sp³-hybridized carbons (Fsp3) is 0.600. The number of likely N-dealkylation sites (tertiary alicyclic amines) is 1. The van der Waals surface area contributed by atoms with Crippen molar-refractivity contribution < 1.29 is 4.74 Å². The molecule has 17 heavy (non-hydrogen) atoms. The highest BCUT2D eigenvalue weighted by Gasteiger charge is 2.33. The van der Waals surface area contributed by atoms with Crippen LogP contribution in [0.3, 0.4) is 0 Å². The Morgan fingerprint density at radius 2 is 2.12 bits per heavy atom. The van der Waals surface area contributed by atoms with E-state index in [0.717, 1.165) is 17.7 Å². The maximum absolute atomic E-state index is 5.33. The van der Waals surface area contributed by atoms with Gasteiger partial charge in [0.05, 0.1) is 7.11 Å². The van der Waals surface area contributed by atoms with Crippen molar-refractivity contribution in [1.82, 2.24) is 4.90 Å². The van der Waals surface area contributed by atoms with E-state index in [-0.39, 0.29) is 0 Å². The Labute approximate surface area is 104 Å². The molecule has 1 fully saturated rings. The van der Waals surface area contributed by atoms with Crippen LogP contribution >= 0.6 is 0 Å². The molecular formula is C15H21NO. The lowest BCUT2D eigenvalue weighted by Crippen LogP contribution is -2.47. The Bertz CT molecular complexity index is 415. The topological polar surface area (TPSA) is 12.5 Å². The van der Waals surface area contributed by atoms with Crippen molar-refractivity contribution >= 4 is 0 Å². The number of methoxy groups -OCH3 is 1. The quantitative estimate of drug-likeness (QED) is 0.736. The molecule has 0 bridgehead atoms. The first kappa shape index (κ1) is 11.1. The fourth-order valence-electron chi connectivity index (χ4n) is 3.51. The zero-order valence-corrected chi connectivity index (χ0v) is 10.8. The van der Waals surface area contributed by atoms with Crippen molar-refractivity contribution in [1.29, 1.82) is 0 Å². The number of piperidine rings is 1. The molecule has 0 aromatic heterocycles. The molecule has 92 valence electrons. The number of hydrogen-bond acceptors (Lipinski definition) is 2. The molecule has 2 atom stereocenters. The molecule has 0 spiro atoms. The van der Waals surface area contributed by atoms with Gasteiger partial charge in [0.1, 0.15) is 5.75 Å². The minimum Gasteiger partial charge on any atom is -0.497 e. The second-order valence-corrected chi connectivity index (χ2v) is 5.49. The van der Waals surface area contributed by atoms with Gasteiger partial charge in [-0.05, 0) is 68.5 Å². The molecule has 2 aliphatic rings. The van der Waals surface area contributed by atoms with Gasteiger partial charge in [-0.1, -0.05) is 6.07 Å². The number of nitrogens with zero attached hydrogens (tertiary/aromatic N) is 1. The molecule has 1 aromatic rings. The maximum Gasteiger partial charge on any atom is 0.119 e. The van der Waals surface area contributed by atoms with Gasteiger partial charge in [-0.2, -0.15) is 0 Å². The number of ether oxygens (including phenoxy) is 1. The van der Waals surface area contributed by atoms with Gasteiger partial charge in [0, 0.05) is 6.04 Å². The summed E-state index contributed by atoms with van der Waals surface area (Å²) >= 11 is 0. The van der Waals surface area contributed by atoms with Crippen molar-refractivity contribution in [2.24, 2.45) is 5.92 Å². The Balaban J connectivity index is 1.90. The number of likely N-dealkylation sites (N-methyl/N-ethyl adjacent to an activating group) is 1. The van der Waals surface area contributed by atoms with Gasteiger partial charge < -0.3 is 9.64 Å². The van der Waals surface area contributed by atoms with E-state index in [9.17, 15) is 0 Å². The smallest absolute Gasteiger partial charge is 0.119 e. The average Bonchev–Trinajstić information content (AvgIpc) is 2.36.